The number of hydrogen-bond donors (Lipinski definition) is 2. The maximum atomic E-state index is 11.4. The summed E-state index contributed by atoms with van der Waals surface area (Å²) in [6.07, 6.45) is -0.361. The molecule has 0 saturated heterocycles. The summed E-state index contributed by atoms with van der Waals surface area (Å²) < 4.78 is 5.14. The highest BCUT2D eigenvalue weighted by molar-refractivity contribution is 5.68. The van der Waals surface area contributed by atoms with Gasteiger partial charge in [0.15, 0.2) is 0 Å². The van der Waals surface area contributed by atoms with Crippen molar-refractivity contribution in [2.75, 3.05) is 6.54 Å². The summed E-state index contributed by atoms with van der Waals surface area (Å²) in [5.41, 5.74) is -0.435. The van der Waals surface area contributed by atoms with E-state index in [1.165, 1.54) is 0 Å². The molecule has 0 fully saturated rings. The van der Waals surface area contributed by atoms with Crippen molar-refractivity contribution in [2.45, 2.75) is 59.2 Å². The lowest BCUT2D eigenvalue weighted by Gasteiger charge is -2.22. The van der Waals surface area contributed by atoms with Gasteiger partial charge in [-0.1, -0.05) is 13.8 Å². The number of rotatable bonds is 4. The van der Waals surface area contributed by atoms with Crippen LogP contribution in [0.3, 0.4) is 0 Å². The monoisotopic (exact) mass is 216 g/mol. The normalized spacial score (nSPS) is 13.8. The molecule has 0 spiro atoms. The second-order valence-corrected chi connectivity index (χ2v) is 5.11. The summed E-state index contributed by atoms with van der Waals surface area (Å²) in [6, 6.07) is 0.495. The third kappa shape index (κ3) is 9.53. The van der Waals surface area contributed by atoms with E-state index in [0.717, 1.165) is 6.54 Å². The maximum Gasteiger partial charge on any atom is 0.407 e. The Morgan fingerprint density at radius 3 is 2.20 bits per heavy atom. The van der Waals surface area contributed by atoms with Crippen LogP contribution in [0.25, 0.3) is 0 Å². The molecule has 0 aliphatic heterocycles. The van der Waals surface area contributed by atoms with Gasteiger partial charge in [0.25, 0.3) is 0 Å². The third-order valence-corrected chi connectivity index (χ3v) is 1.60. The van der Waals surface area contributed by atoms with Gasteiger partial charge in [-0.2, -0.15) is 0 Å². The summed E-state index contributed by atoms with van der Waals surface area (Å²) in [5.74, 6) is 0. The molecule has 1 unspecified atom stereocenters. The highest BCUT2D eigenvalue weighted by Crippen LogP contribution is 2.06. The lowest BCUT2D eigenvalue weighted by Crippen LogP contribution is -2.43. The maximum absolute atomic E-state index is 11.4. The molecule has 2 N–H and O–H groups in total. The molecule has 0 bridgehead atoms. The van der Waals surface area contributed by atoms with E-state index in [4.69, 9.17) is 4.74 Å². The average molecular weight is 216 g/mol. The van der Waals surface area contributed by atoms with Gasteiger partial charge in [-0.05, 0) is 27.7 Å². The van der Waals surface area contributed by atoms with Gasteiger partial charge < -0.3 is 15.4 Å². The highest BCUT2D eigenvalue weighted by atomic mass is 16.6. The quantitative estimate of drug-likeness (QED) is 0.754. The molecule has 1 atom stereocenters. The first-order valence-electron chi connectivity index (χ1n) is 5.43. The molecule has 0 radical (unpaired) electrons. The van der Waals surface area contributed by atoms with Gasteiger partial charge in [-0.15, -0.1) is 0 Å². The van der Waals surface area contributed by atoms with Gasteiger partial charge in [0, 0.05) is 18.6 Å². The van der Waals surface area contributed by atoms with Crippen LogP contribution < -0.4 is 10.6 Å². The smallest absolute Gasteiger partial charge is 0.407 e. The SMILES string of the molecule is CC(C)NCC(C)NC(=O)OC(C)(C)C. The predicted octanol–water partition coefficient (Wildman–Crippen LogP) is 1.90. The summed E-state index contributed by atoms with van der Waals surface area (Å²) in [5, 5.41) is 6.01. The minimum absolute atomic E-state index is 0.0715. The largest absolute Gasteiger partial charge is 0.444 e. The fourth-order valence-electron chi connectivity index (χ4n) is 0.972. The molecule has 90 valence electrons. The van der Waals surface area contributed by atoms with Crippen LogP contribution in [0.2, 0.25) is 0 Å². The van der Waals surface area contributed by atoms with Crippen LogP contribution >= 0.6 is 0 Å². The van der Waals surface area contributed by atoms with Gasteiger partial charge in [-0.3, -0.25) is 0 Å². The van der Waals surface area contributed by atoms with Crippen LogP contribution in [-0.4, -0.2) is 30.3 Å². The van der Waals surface area contributed by atoms with E-state index in [9.17, 15) is 4.79 Å². The van der Waals surface area contributed by atoms with Crippen molar-refractivity contribution in [1.82, 2.24) is 10.6 Å². The number of alkyl carbamates (subject to hydrolysis) is 1. The molecule has 4 nitrogen and oxygen atoms in total. The Balaban J connectivity index is 3.77. The Bertz CT molecular complexity index is 197. The van der Waals surface area contributed by atoms with Gasteiger partial charge in [0.1, 0.15) is 5.60 Å². The zero-order chi connectivity index (χ0) is 12.1. The fraction of sp³-hybridized carbons (Fsp3) is 0.909. The molecule has 0 aromatic heterocycles. The number of carbonyl (C=O) groups is 1. The standard InChI is InChI=1S/C11H24N2O2/c1-8(2)12-7-9(3)13-10(14)15-11(4,5)6/h8-9,12H,7H2,1-6H3,(H,13,14). The first-order valence-corrected chi connectivity index (χ1v) is 5.43. The molecule has 0 aliphatic rings. The van der Waals surface area contributed by atoms with Crippen LogP contribution in [0.1, 0.15) is 41.5 Å². The second-order valence-electron chi connectivity index (χ2n) is 5.11. The fourth-order valence-corrected chi connectivity index (χ4v) is 0.972. The van der Waals surface area contributed by atoms with E-state index < -0.39 is 5.60 Å². The van der Waals surface area contributed by atoms with E-state index in [-0.39, 0.29) is 12.1 Å². The van der Waals surface area contributed by atoms with Crippen LogP contribution in [0.15, 0.2) is 0 Å². The van der Waals surface area contributed by atoms with Crippen molar-refractivity contribution in [3.05, 3.63) is 0 Å². The minimum atomic E-state index is -0.435. The lowest BCUT2D eigenvalue weighted by atomic mass is 10.2. The zero-order valence-electron chi connectivity index (χ0n) is 10.7. The minimum Gasteiger partial charge on any atom is -0.444 e. The molecular weight excluding hydrogens is 192 g/mol. The average Bonchev–Trinajstić information content (AvgIpc) is 1.96. The van der Waals surface area contributed by atoms with Crippen molar-refractivity contribution in [3.63, 3.8) is 0 Å². The number of amides is 1. The topological polar surface area (TPSA) is 50.4 Å². The van der Waals surface area contributed by atoms with Gasteiger partial charge >= 0.3 is 6.09 Å². The molecule has 4 heteroatoms. The summed E-state index contributed by atoms with van der Waals surface area (Å²) in [6.45, 7) is 12.4. The summed E-state index contributed by atoms with van der Waals surface area (Å²) >= 11 is 0. The Hall–Kier alpha value is -0.770. The van der Waals surface area contributed by atoms with Crippen molar-refractivity contribution < 1.29 is 9.53 Å². The van der Waals surface area contributed by atoms with E-state index in [0.29, 0.717) is 6.04 Å². The first-order chi connectivity index (χ1) is 6.70. The van der Waals surface area contributed by atoms with E-state index in [2.05, 4.69) is 24.5 Å². The molecule has 0 aliphatic carbocycles. The molecule has 0 heterocycles. The van der Waals surface area contributed by atoms with Crippen molar-refractivity contribution in [2.24, 2.45) is 0 Å². The number of nitrogens with one attached hydrogen (secondary N) is 2. The molecule has 1 amide bonds. The van der Waals surface area contributed by atoms with Crippen LogP contribution in [0.4, 0.5) is 4.79 Å². The Morgan fingerprint density at radius 1 is 1.27 bits per heavy atom. The second kappa shape index (κ2) is 5.95. The lowest BCUT2D eigenvalue weighted by molar-refractivity contribution is 0.0508. The van der Waals surface area contributed by atoms with Gasteiger partial charge in [0.2, 0.25) is 0 Å². The Labute approximate surface area is 92.8 Å². The van der Waals surface area contributed by atoms with Crippen LogP contribution in [0.5, 0.6) is 0 Å². The molecule has 0 aromatic rings. The number of ether oxygens (including phenoxy) is 1. The Kier molecular flexibility index (Phi) is 5.65. The number of hydrogen-bond acceptors (Lipinski definition) is 3. The van der Waals surface area contributed by atoms with E-state index >= 15 is 0 Å². The molecule has 15 heavy (non-hydrogen) atoms. The van der Waals surface area contributed by atoms with E-state index in [1.807, 2.05) is 27.7 Å². The summed E-state index contributed by atoms with van der Waals surface area (Å²) in [4.78, 5) is 11.4. The molecular formula is C11H24N2O2. The zero-order valence-corrected chi connectivity index (χ0v) is 10.7. The highest BCUT2D eigenvalue weighted by Gasteiger charge is 2.17. The molecule has 0 saturated carbocycles. The molecule has 0 aromatic carbocycles. The summed E-state index contributed by atoms with van der Waals surface area (Å²) in [7, 11) is 0. The Morgan fingerprint density at radius 2 is 1.80 bits per heavy atom. The van der Waals surface area contributed by atoms with E-state index in [1.54, 1.807) is 0 Å². The molecule has 0 rings (SSSR count). The van der Waals surface area contributed by atoms with Crippen molar-refractivity contribution >= 4 is 6.09 Å². The number of carbonyl (C=O) groups excluding carboxylic acids is 1. The van der Waals surface area contributed by atoms with Gasteiger partial charge in [0.05, 0.1) is 0 Å². The van der Waals surface area contributed by atoms with Crippen molar-refractivity contribution in [1.29, 1.82) is 0 Å². The predicted molar refractivity (Wildman–Crippen MR) is 62.0 cm³/mol. The van der Waals surface area contributed by atoms with Crippen molar-refractivity contribution in [3.8, 4) is 0 Å². The first kappa shape index (κ1) is 14.2. The third-order valence-electron chi connectivity index (χ3n) is 1.60. The van der Waals surface area contributed by atoms with Crippen LogP contribution in [0, 0.1) is 0 Å². The van der Waals surface area contributed by atoms with Crippen LogP contribution in [-0.2, 0) is 4.74 Å². The van der Waals surface area contributed by atoms with Gasteiger partial charge in [-0.25, -0.2) is 4.79 Å².